The molecular weight excluding hydrogens is 428 g/mol. The minimum atomic E-state index is -0.0865. The molecule has 0 bridgehead atoms. The molecule has 3 nitrogen and oxygen atoms in total. The van der Waals surface area contributed by atoms with Gasteiger partial charge in [0.1, 0.15) is 0 Å². The van der Waals surface area contributed by atoms with Crippen LogP contribution >= 0.6 is 0 Å². The summed E-state index contributed by atoms with van der Waals surface area (Å²) in [5.41, 5.74) is 9.26. The molecule has 0 amide bonds. The van der Waals surface area contributed by atoms with E-state index in [4.69, 9.17) is 0 Å². The summed E-state index contributed by atoms with van der Waals surface area (Å²) in [6, 6.07) is 17.1. The van der Waals surface area contributed by atoms with Crippen molar-refractivity contribution in [2.75, 3.05) is 23.9 Å². The van der Waals surface area contributed by atoms with E-state index in [1.165, 1.54) is 33.9 Å². The first-order valence-electron chi connectivity index (χ1n) is 12.7. The second-order valence-electron chi connectivity index (χ2n) is 11.1. The van der Waals surface area contributed by atoms with E-state index in [1.807, 2.05) is 0 Å². The molecule has 2 aromatic carbocycles. The molecule has 2 heterocycles. The number of anilines is 2. The van der Waals surface area contributed by atoms with Crippen molar-refractivity contribution in [1.29, 1.82) is 0 Å². The number of ketones is 1. The number of hydrogen-bond acceptors (Lipinski definition) is 3. The lowest BCUT2D eigenvalue weighted by Crippen LogP contribution is -2.23. The number of para-hydroxylation sites is 2. The van der Waals surface area contributed by atoms with Crippen molar-refractivity contribution in [3.8, 4) is 0 Å². The van der Waals surface area contributed by atoms with Crippen molar-refractivity contribution in [3.63, 3.8) is 0 Å². The molecule has 5 rings (SSSR count). The molecule has 0 radical (unpaired) electrons. The number of hydrogen-bond donors (Lipinski definition) is 0. The Kier molecular flexibility index (Phi) is 5.62. The second-order valence-corrected chi connectivity index (χ2v) is 11.1. The maximum atomic E-state index is 13.4. The third-order valence-corrected chi connectivity index (χ3v) is 8.24. The number of Topliss-reactive ketones (excluding diaryl/α,β-unsaturated/α-hetero) is 1. The molecule has 2 aromatic rings. The zero-order valence-electron chi connectivity index (χ0n) is 21.9. The molecule has 0 saturated heterocycles. The molecule has 0 atom stereocenters. The number of benzene rings is 2. The summed E-state index contributed by atoms with van der Waals surface area (Å²) in [6.45, 7) is 9.05. The van der Waals surface area contributed by atoms with E-state index in [2.05, 4.69) is 124 Å². The first kappa shape index (κ1) is 23.4. The quantitative estimate of drug-likeness (QED) is 0.439. The number of fused-ring (bicyclic) bond motifs is 2. The molecule has 35 heavy (non-hydrogen) atoms. The summed E-state index contributed by atoms with van der Waals surface area (Å²) < 4.78 is 0. The van der Waals surface area contributed by atoms with E-state index in [9.17, 15) is 4.79 Å². The Bertz CT molecular complexity index is 1220. The number of carbonyl (C=O) groups excluding carboxylic acids is 1. The van der Waals surface area contributed by atoms with Gasteiger partial charge in [0.25, 0.3) is 0 Å². The van der Waals surface area contributed by atoms with Crippen LogP contribution in [0.1, 0.15) is 58.1 Å². The van der Waals surface area contributed by atoms with Crippen LogP contribution < -0.4 is 9.80 Å². The van der Waals surface area contributed by atoms with Gasteiger partial charge in [-0.05, 0) is 65.8 Å². The van der Waals surface area contributed by atoms with E-state index < -0.39 is 0 Å². The standard InChI is InChI=1S/C32H36N2O/c1-31(2)24-14-7-9-16-26(24)33(5)28(31)20-18-22-12-11-13-23(30(22)35)19-21-29-32(3,4)25-15-8-10-17-27(25)34(29)6/h7-10,14-21H,11-13H2,1-6H3. The van der Waals surface area contributed by atoms with Crippen LogP contribution in [0.2, 0.25) is 0 Å². The predicted octanol–water partition coefficient (Wildman–Crippen LogP) is 7.22. The smallest absolute Gasteiger partial charge is 0.184 e. The van der Waals surface area contributed by atoms with Gasteiger partial charge in [0.2, 0.25) is 0 Å². The van der Waals surface area contributed by atoms with Crippen molar-refractivity contribution in [2.45, 2.75) is 57.8 Å². The summed E-state index contributed by atoms with van der Waals surface area (Å²) in [5.74, 6) is 0.192. The summed E-state index contributed by atoms with van der Waals surface area (Å²) >= 11 is 0. The number of carbonyl (C=O) groups is 1. The Morgan fingerprint density at radius 2 is 1.06 bits per heavy atom. The van der Waals surface area contributed by atoms with Crippen LogP contribution in [0, 0.1) is 0 Å². The molecule has 180 valence electrons. The van der Waals surface area contributed by atoms with E-state index in [-0.39, 0.29) is 16.6 Å². The van der Waals surface area contributed by atoms with Crippen molar-refractivity contribution in [2.24, 2.45) is 0 Å². The van der Waals surface area contributed by atoms with E-state index in [0.717, 1.165) is 30.4 Å². The topological polar surface area (TPSA) is 23.6 Å². The molecule has 0 unspecified atom stereocenters. The third kappa shape index (κ3) is 3.69. The van der Waals surface area contributed by atoms with Gasteiger partial charge in [-0.1, -0.05) is 76.2 Å². The first-order valence-corrected chi connectivity index (χ1v) is 12.7. The van der Waals surface area contributed by atoms with Gasteiger partial charge in [-0.3, -0.25) is 4.79 Å². The molecule has 3 aliphatic rings. The zero-order valence-corrected chi connectivity index (χ0v) is 21.9. The van der Waals surface area contributed by atoms with Gasteiger partial charge in [0.05, 0.1) is 0 Å². The Morgan fingerprint density at radius 3 is 1.46 bits per heavy atom. The highest BCUT2D eigenvalue weighted by Gasteiger charge is 2.39. The SMILES string of the molecule is CN1C(=CC=C2CCCC(=CC=C3N(C)c4ccccc4C3(C)C)C2=O)C(C)(C)c2ccccc21. The van der Waals surface area contributed by atoms with Crippen LogP contribution in [-0.4, -0.2) is 19.9 Å². The number of nitrogens with zero attached hydrogens (tertiary/aromatic N) is 2. The van der Waals surface area contributed by atoms with E-state index in [1.54, 1.807) is 0 Å². The molecule has 0 N–H and O–H groups in total. The molecule has 1 saturated carbocycles. The van der Waals surface area contributed by atoms with E-state index >= 15 is 0 Å². The van der Waals surface area contributed by atoms with Crippen LogP contribution in [-0.2, 0) is 15.6 Å². The molecule has 0 spiro atoms. The highest BCUT2D eigenvalue weighted by atomic mass is 16.1. The normalized spacial score (nSPS) is 25.1. The Balaban J connectivity index is 1.43. The van der Waals surface area contributed by atoms with Gasteiger partial charge >= 0.3 is 0 Å². The maximum absolute atomic E-state index is 13.4. The summed E-state index contributed by atoms with van der Waals surface area (Å²) in [4.78, 5) is 18.0. The van der Waals surface area contributed by atoms with Crippen LogP contribution in [0.3, 0.4) is 0 Å². The van der Waals surface area contributed by atoms with Gasteiger partial charge in [-0.15, -0.1) is 0 Å². The minimum Gasteiger partial charge on any atom is -0.347 e. The summed E-state index contributed by atoms with van der Waals surface area (Å²) in [5, 5.41) is 0. The van der Waals surface area contributed by atoms with Gasteiger partial charge in [-0.2, -0.15) is 0 Å². The average Bonchev–Trinajstić information content (AvgIpc) is 3.16. The Morgan fingerprint density at radius 1 is 0.657 bits per heavy atom. The molecule has 1 fully saturated rings. The van der Waals surface area contributed by atoms with Gasteiger partial charge in [-0.25, -0.2) is 0 Å². The lowest BCUT2D eigenvalue weighted by Gasteiger charge is -2.24. The fraction of sp³-hybridized carbons (Fsp3) is 0.344. The summed E-state index contributed by atoms with van der Waals surface area (Å²) in [6.07, 6.45) is 11.2. The monoisotopic (exact) mass is 464 g/mol. The molecular formula is C32H36N2O. The predicted molar refractivity (Wildman–Crippen MR) is 147 cm³/mol. The first-order chi connectivity index (χ1) is 16.6. The van der Waals surface area contributed by atoms with Crippen molar-refractivity contribution in [3.05, 3.63) is 107 Å². The zero-order chi connectivity index (χ0) is 25.0. The maximum Gasteiger partial charge on any atom is 0.184 e. The number of likely N-dealkylation sites (N-methyl/N-ethyl adjacent to an activating group) is 2. The van der Waals surface area contributed by atoms with Gasteiger partial charge in [0, 0.05) is 47.7 Å². The Labute approximate surface area is 210 Å². The highest BCUT2D eigenvalue weighted by molar-refractivity contribution is 6.09. The van der Waals surface area contributed by atoms with E-state index in [0.29, 0.717) is 0 Å². The Hall–Kier alpha value is -3.33. The van der Waals surface area contributed by atoms with Crippen LogP contribution in [0.5, 0.6) is 0 Å². The molecule has 0 aromatic heterocycles. The van der Waals surface area contributed by atoms with Crippen molar-refractivity contribution < 1.29 is 4.79 Å². The highest BCUT2D eigenvalue weighted by Crippen LogP contribution is 2.48. The van der Waals surface area contributed by atoms with Crippen LogP contribution in [0.15, 0.2) is 95.4 Å². The number of allylic oxidation sites excluding steroid dienone is 8. The largest absolute Gasteiger partial charge is 0.347 e. The van der Waals surface area contributed by atoms with Crippen LogP contribution in [0.25, 0.3) is 0 Å². The third-order valence-electron chi connectivity index (χ3n) is 8.24. The van der Waals surface area contributed by atoms with Crippen molar-refractivity contribution in [1.82, 2.24) is 0 Å². The summed E-state index contributed by atoms with van der Waals surface area (Å²) in [7, 11) is 4.24. The fourth-order valence-corrected chi connectivity index (χ4v) is 6.18. The lowest BCUT2D eigenvalue weighted by molar-refractivity contribution is -0.113. The fourth-order valence-electron chi connectivity index (χ4n) is 6.18. The molecule has 3 heteroatoms. The number of rotatable bonds is 2. The average molecular weight is 465 g/mol. The lowest BCUT2D eigenvalue weighted by atomic mass is 9.82. The van der Waals surface area contributed by atoms with Gasteiger partial charge in [0.15, 0.2) is 5.78 Å². The molecule has 2 aliphatic heterocycles. The minimum absolute atomic E-state index is 0.0865. The van der Waals surface area contributed by atoms with Gasteiger partial charge < -0.3 is 9.80 Å². The van der Waals surface area contributed by atoms with Crippen LogP contribution in [0.4, 0.5) is 11.4 Å². The van der Waals surface area contributed by atoms with Crippen molar-refractivity contribution >= 4 is 17.2 Å². The second kappa shape index (κ2) is 8.41. The molecule has 1 aliphatic carbocycles.